The topological polar surface area (TPSA) is 75.7 Å². The molecule has 1 fully saturated rings. The van der Waals surface area contributed by atoms with Crippen LogP contribution in [0.1, 0.15) is 61.0 Å². The molecule has 194 valence electrons. The summed E-state index contributed by atoms with van der Waals surface area (Å²) >= 11 is 0. The first-order valence-corrected chi connectivity index (χ1v) is 13.0. The van der Waals surface area contributed by atoms with Gasteiger partial charge in [-0.05, 0) is 98.3 Å². The van der Waals surface area contributed by atoms with Crippen LogP contribution in [0.15, 0.2) is 78.4 Å². The standard InChI is InChI=1S/C32H32N2O4/c1-19(2)26-15-5-21(4)18-29(26)38-25-13-9-23(10-14-25)33-30(35)22-7-11-24(12-8-22)34-31(36)27-16-6-20(3)17-28(27)32(34)37/h5-15,18-19,27-28H,16-17H2,1-4H3,(H,33,35)/t27-,28+/m1/s1. The highest BCUT2D eigenvalue weighted by atomic mass is 16.5. The minimum absolute atomic E-state index is 0.155. The average molecular weight is 509 g/mol. The lowest BCUT2D eigenvalue weighted by Crippen LogP contribution is -2.30. The molecule has 38 heavy (non-hydrogen) atoms. The molecular weight excluding hydrogens is 476 g/mol. The smallest absolute Gasteiger partial charge is 0.255 e. The second-order valence-corrected chi connectivity index (χ2v) is 10.5. The van der Waals surface area contributed by atoms with Crippen LogP contribution in [0.3, 0.4) is 0 Å². The van der Waals surface area contributed by atoms with Gasteiger partial charge in [0.15, 0.2) is 0 Å². The Labute approximate surface area is 223 Å². The van der Waals surface area contributed by atoms with E-state index >= 15 is 0 Å². The molecule has 1 heterocycles. The average Bonchev–Trinajstić information content (AvgIpc) is 3.14. The fraction of sp³-hybridized carbons (Fsp3) is 0.281. The van der Waals surface area contributed by atoms with E-state index in [0.717, 1.165) is 22.4 Å². The number of allylic oxidation sites excluding steroid dienone is 2. The van der Waals surface area contributed by atoms with Gasteiger partial charge in [0.2, 0.25) is 11.8 Å². The lowest BCUT2D eigenvalue weighted by atomic mass is 9.82. The van der Waals surface area contributed by atoms with Crippen LogP contribution in [0.25, 0.3) is 0 Å². The van der Waals surface area contributed by atoms with E-state index < -0.39 is 0 Å². The molecule has 1 aliphatic heterocycles. The molecule has 1 aliphatic carbocycles. The Balaban J connectivity index is 1.24. The molecular formula is C32H32N2O4. The van der Waals surface area contributed by atoms with Crippen molar-refractivity contribution in [3.63, 3.8) is 0 Å². The lowest BCUT2D eigenvalue weighted by Gasteiger charge is -2.18. The molecule has 2 aliphatic rings. The van der Waals surface area contributed by atoms with E-state index in [2.05, 4.69) is 31.3 Å². The number of carbonyl (C=O) groups excluding carboxylic acids is 3. The van der Waals surface area contributed by atoms with Gasteiger partial charge >= 0.3 is 0 Å². The Morgan fingerprint density at radius 2 is 1.61 bits per heavy atom. The lowest BCUT2D eigenvalue weighted by molar-refractivity contribution is -0.122. The predicted octanol–water partition coefficient (Wildman–Crippen LogP) is 7.01. The van der Waals surface area contributed by atoms with E-state index in [9.17, 15) is 14.4 Å². The molecule has 1 saturated heterocycles. The Morgan fingerprint density at radius 1 is 0.921 bits per heavy atom. The zero-order valence-corrected chi connectivity index (χ0v) is 22.2. The predicted molar refractivity (Wildman–Crippen MR) is 149 cm³/mol. The number of fused-ring (bicyclic) bond motifs is 1. The van der Waals surface area contributed by atoms with Crippen LogP contribution < -0.4 is 15.0 Å². The fourth-order valence-electron chi connectivity index (χ4n) is 5.20. The second kappa shape index (κ2) is 10.3. The molecule has 5 rings (SSSR count). The van der Waals surface area contributed by atoms with Crippen LogP contribution in [0.2, 0.25) is 0 Å². The number of nitrogens with one attached hydrogen (secondary N) is 1. The largest absolute Gasteiger partial charge is 0.457 e. The van der Waals surface area contributed by atoms with E-state index in [4.69, 9.17) is 4.74 Å². The number of ether oxygens (including phenoxy) is 1. The van der Waals surface area contributed by atoms with Gasteiger partial charge in [0, 0.05) is 11.3 Å². The maximum atomic E-state index is 13.0. The van der Waals surface area contributed by atoms with Gasteiger partial charge in [-0.2, -0.15) is 0 Å². The normalized spacial score (nSPS) is 18.9. The molecule has 0 radical (unpaired) electrons. The van der Waals surface area contributed by atoms with Gasteiger partial charge in [-0.25, -0.2) is 0 Å². The highest BCUT2D eigenvalue weighted by molar-refractivity contribution is 6.22. The highest BCUT2D eigenvalue weighted by Crippen LogP contribution is 2.40. The highest BCUT2D eigenvalue weighted by Gasteiger charge is 2.48. The van der Waals surface area contributed by atoms with Crippen molar-refractivity contribution in [3.05, 3.63) is 95.1 Å². The van der Waals surface area contributed by atoms with Crippen molar-refractivity contribution in [2.45, 2.75) is 46.5 Å². The summed E-state index contributed by atoms with van der Waals surface area (Å²) in [5.41, 5.74) is 4.99. The Hall–Kier alpha value is -4.19. The van der Waals surface area contributed by atoms with Gasteiger partial charge in [0.25, 0.3) is 5.91 Å². The molecule has 3 amide bonds. The monoisotopic (exact) mass is 508 g/mol. The first kappa shape index (κ1) is 25.5. The van der Waals surface area contributed by atoms with Gasteiger partial charge in [-0.15, -0.1) is 0 Å². The summed E-state index contributed by atoms with van der Waals surface area (Å²) in [6.07, 6.45) is 3.28. The van der Waals surface area contributed by atoms with Crippen LogP contribution in [0.5, 0.6) is 11.5 Å². The number of nitrogens with zero attached hydrogens (tertiary/aromatic N) is 1. The van der Waals surface area contributed by atoms with Gasteiger partial charge in [0.1, 0.15) is 11.5 Å². The van der Waals surface area contributed by atoms with Crippen molar-refractivity contribution in [3.8, 4) is 11.5 Å². The number of rotatable bonds is 6. The third-order valence-corrected chi connectivity index (χ3v) is 7.34. The van der Waals surface area contributed by atoms with E-state index in [1.165, 1.54) is 4.90 Å². The third-order valence-electron chi connectivity index (χ3n) is 7.34. The Morgan fingerprint density at radius 3 is 2.29 bits per heavy atom. The summed E-state index contributed by atoms with van der Waals surface area (Å²) in [6, 6.07) is 20.0. The van der Waals surface area contributed by atoms with Crippen LogP contribution in [0, 0.1) is 18.8 Å². The first-order valence-electron chi connectivity index (χ1n) is 13.0. The molecule has 3 aromatic rings. The van der Waals surface area contributed by atoms with Crippen molar-refractivity contribution < 1.29 is 19.1 Å². The number of carbonyl (C=O) groups is 3. The van der Waals surface area contributed by atoms with Crippen LogP contribution in [0.4, 0.5) is 11.4 Å². The number of amides is 3. The minimum Gasteiger partial charge on any atom is -0.457 e. The molecule has 3 aromatic carbocycles. The van der Waals surface area contributed by atoms with Gasteiger partial charge in [-0.3, -0.25) is 19.3 Å². The number of aryl methyl sites for hydroxylation is 1. The zero-order valence-electron chi connectivity index (χ0n) is 22.2. The van der Waals surface area contributed by atoms with Gasteiger partial charge in [0.05, 0.1) is 17.5 Å². The van der Waals surface area contributed by atoms with E-state index in [-0.39, 0.29) is 29.6 Å². The van der Waals surface area contributed by atoms with Crippen molar-refractivity contribution in [2.75, 3.05) is 10.2 Å². The van der Waals surface area contributed by atoms with Crippen molar-refractivity contribution >= 4 is 29.1 Å². The minimum atomic E-state index is -0.288. The number of hydrogen-bond donors (Lipinski definition) is 1. The molecule has 0 aromatic heterocycles. The number of anilines is 2. The molecule has 6 nitrogen and oxygen atoms in total. The summed E-state index contributed by atoms with van der Waals surface area (Å²) in [5.74, 6) is 0.686. The van der Waals surface area contributed by atoms with Crippen molar-refractivity contribution in [1.29, 1.82) is 0 Å². The van der Waals surface area contributed by atoms with E-state index in [1.807, 2.05) is 38.1 Å². The Kier molecular flexibility index (Phi) is 6.89. The van der Waals surface area contributed by atoms with E-state index in [1.54, 1.807) is 36.4 Å². The molecule has 0 bridgehead atoms. The van der Waals surface area contributed by atoms with Crippen molar-refractivity contribution in [1.82, 2.24) is 0 Å². The number of imide groups is 1. The van der Waals surface area contributed by atoms with Crippen LogP contribution in [-0.2, 0) is 9.59 Å². The molecule has 2 atom stereocenters. The number of hydrogen-bond acceptors (Lipinski definition) is 4. The molecule has 6 heteroatoms. The summed E-state index contributed by atoms with van der Waals surface area (Å²) in [6.45, 7) is 8.30. The molecule has 0 spiro atoms. The van der Waals surface area contributed by atoms with Crippen molar-refractivity contribution in [2.24, 2.45) is 11.8 Å². The first-order chi connectivity index (χ1) is 18.2. The summed E-state index contributed by atoms with van der Waals surface area (Å²) < 4.78 is 6.14. The molecule has 0 unspecified atom stereocenters. The summed E-state index contributed by atoms with van der Waals surface area (Å²) in [5, 5.41) is 2.89. The van der Waals surface area contributed by atoms with Crippen LogP contribution in [-0.4, -0.2) is 17.7 Å². The molecule has 1 N–H and O–H groups in total. The van der Waals surface area contributed by atoms with E-state index in [0.29, 0.717) is 41.4 Å². The SMILES string of the molecule is CC1=CC[C@H]2C(=O)N(c3ccc(C(=O)Nc4ccc(Oc5cc(C)ccc5C(C)C)cc4)cc3)C(=O)[C@H]2C1. The molecule has 0 saturated carbocycles. The maximum Gasteiger partial charge on any atom is 0.255 e. The zero-order chi connectivity index (χ0) is 27.0. The Bertz CT molecular complexity index is 1420. The third kappa shape index (κ3) is 4.99. The van der Waals surface area contributed by atoms with Gasteiger partial charge in [-0.1, -0.05) is 37.6 Å². The quantitative estimate of drug-likeness (QED) is 0.287. The van der Waals surface area contributed by atoms with Crippen LogP contribution >= 0.6 is 0 Å². The number of benzene rings is 3. The fourth-order valence-corrected chi connectivity index (χ4v) is 5.20. The summed E-state index contributed by atoms with van der Waals surface area (Å²) in [4.78, 5) is 40.0. The second-order valence-electron chi connectivity index (χ2n) is 10.5. The van der Waals surface area contributed by atoms with Gasteiger partial charge < -0.3 is 10.1 Å². The summed E-state index contributed by atoms with van der Waals surface area (Å²) in [7, 11) is 0. The maximum absolute atomic E-state index is 13.0.